The minimum atomic E-state index is -0.0528. The predicted octanol–water partition coefficient (Wildman–Crippen LogP) is 1.98. The molecule has 2 aromatic rings. The van der Waals surface area contributed by atoms with Crippen molar-refractivity contribution in [2.45, 2.75) is 13.3 Å². The third-order valence-corrected chi connectivity index (χ3v) is 3.63. The number of carbonyl (C=O) groups is 1. The average Bonchev–Trinajstić information content (AvgIpc) is 2.84. The molecule has 0 unspecified atom stereocenters. The second kappa shape index (κ2) is 6.92. The van der Waals surface area contributed by atoms with Crippen molar-refractivity contribution in [2.75, 3.05) is 25.0 Å². The smallest absolute Gasteiger partial charge is 0.254 e. The summed E-state index contributed by atoms with van der Waals surface area (Å²) >= 11 is 0. The van der Waals surface area contributed by atoms with Crippen LogP contribution in [0.25, 0.3) is 0 Å². The Balaban J connectivity index is 1.75. The molecule has 0 saturated heterocycles. The summed E-state index contributed by atoms with van der Waals surface area (Å²) in [6.07, 6.45) is 2.51. The standard InChI is InChI=1S/C16H22N4O/c1-13-15(12-18-20(13)3)16(21)17-10-7-11-19(2)14-8-5-4-6-9-14/h4-6,8-9,12H,7,10-11H2,1-3H3,(H,17,21). The van der Waals surface area contributed by atoms with Crippen molar-refractivity contribution < 1.29 is 4.79 Å². The van der Waals surface area contributed by atoms with Crippen LogP contribution in [0.4, 0.5) is 5.69 Å². The van der Waals surface area contributed by atoms with E-state index in [0.29, 0.717) is 12.1 Å². The van der Waals surface area contributed by atoms with Crippen LogP contribution < -0.4 is 10.2 Å². The van der Waals surface area contributed by atoms with Gasteiger partial charge in [-0.3, -0.25) is 9.48 Å². The van der Waals surface area contributed by atoms with Crippen LogP contribution in [0.5, 0.6) is 0 Å². The van der Waals surface area contributed by atoms with Gasteiger partial charge in [-0.05, 0) is 25.5 Å². The maximum atomic E-state index is 12.0. The highest BCUT2D eigenvalue weighted by Crippen LogP contribution is 2.10. The van der Waals surface area contributed by atoms with Crippen LogP contribution in [-0.2, 0) is 7.05 Å². The SMILES string of the molecule is Cc1c(C(=O)NCCCN(C)c2ccccc2)cnn1C. The normalized spacial score (nSPS) is 10.4. The molecular formula is C16H22N4O. The van der Waals surface area contributed by atoms with Gasteiger partial charge in [-0.15, -0.1) is 0 Å². The van der Waals surface area contributed by atoms with Gasteiger partial charge >= 0.3 is 0 Å². The minimum absolute atomic E-state index is 0.0528. The Morgan fingerprint density at radius 1 is 1.33 bits per heavy atom. The first-order valence-electron chi connectivity index (χ1n) is 7.12. The van der Waals surface area contributed by atoms with Crippen molar-refractivity contribution in [2.24, 2.45) is 7.05 Å². The number of aromatic nitrogens is 2. The summed E-state index contributed by atoms with van der Waals surface area (Å²) in [5.74, 6) is -0.0528. The van der Waals surface area contributed by atoms with Crippen LogP contribution in [0.1, 0.15) is 22.5 Å². The monoisotopic (exact) mass is 286 g/mol. The fourth-order valence-corrected chi connectivity index (χ4v) is 2.15. The third kappa shape index (κ3) is 3.84. The van der Waals surface area contributed by atoms with E-state index in [1.54, 1.807) is 10.9 Å². The molecule has 0 fully saturated rings. The molecule has 1 aromatic carbocycles. The Morgan fingerprint density at radius 3 is 2.67 bits per heavy atom. The van der Waals surface area contributed by atoms with E-state index in [1.807, 2.05) is 32.2 Å². The molecule has 2 rings (SSSR count). The van der Waals surface area contributed by atoms with Crippen LogP contribution in [0.15, 0.2) is 36.5 Å². The molecule has 5 nitrogen and oxygen atoms in total. The van der Waals surface area contributed by atoms with Gasteiger partial charge in [0.1, 0.15) is 0 Å². The molecule has 0 bridgehead atoms. The van der Waals surface area contributed by atoms with Gasteiger partial charge in [0.2, 0.25) is 0 Å². The Bertz CT molecular complexity index is 592. The zero-order valence-electron chi connectivity index (χ0n) is 12.8. The number of amides is 1. The van der Waals surface area contributed by atoms with E-state index in [1.165, 1.54) is 5.69 Å². The van der Waals surface area contributed by atoms with Crippen molar-refractivity contribution in [3.63, 3.8) is 0 Å². The molecule has 1 N–H and O–H groups in total. The fourth-order valence-electron chi connectivity index (χ4n) is 2.15. The van der Waals surface area contributed by atoms with Crippen molar-refractivity contribution in [1.29, 1.82) is 0 Å². The van der Waals surface area contributed by atoms with Gasteiger partial charge in [-0.2, -0.15) is 5.10 Å². The number of anilines is 1. The highest BCUT2D eigenvalue weighted by atomic mass is 16.1. The summed E-state index contributed by atoms with van der Waals surface area (Å²) < 4.78 is 1.71. The highest BCUT2D eigenvalue weighted by molar-refractivity contribution is 5.94. The molecule has 0 atom stereocenters. The second-order valence-corrected chi connectivity index (χ2v) is 5.13. The number of rotatable bonds is 6. The van der Waals surface area contributed by atoms with Gasteiger partial charge in [-0.1, -0.05) is 18.2 Å². The first-order valence-corrected chi connectivity index (χ1v) is 7.12. The molecule has 1 heterocycles. The summed E-state index contributed by atoms with van der Waals surface area (Å²) in [6, 6.07) is 10.2. The summed E-state index contributed by atoms with van der Waals surface area (Å²) in [7, 11) is 3.89. The zero-order chi connectivity index (χ0) is 15.2. The molecule has 0 aliphatic carbocycles. The van der Waals surface area contributed by atoms with E-state index in [2.05, 4.69) is 34.5 Å². The maximum Gasteiger partial charge on any atom is 0.254 e. The molecule has 0 radical (unpaired) electrons. The number of hydrogen-bond acceptors (Lipinski definition) is 3. The third-order valence-electron chi connectivity index (χ3n) is 3.63. The molecular weight excluding hydrogens is 264 g/mol. The maximum absolute atomic E-state index is 12.0. The molecule has 5 heteroatoms. The Labute approximate surface area is 125 Å². The van der Waals surface area contributed by atoms with E-state index >= 15 is 0 Å². The number of benzene rings is 1. The Morgan fingerprint density at radius 2 is 2.05 bits per heavy atom. The molecule has 0 spiro atoms. The molecule has 1 amide bonds. The van der Waals surface area contributed by atoms with Crippen LogP contribution >= 0.6 is 0 Å². The average molecular weight is 286 g/mol. The van der Waals surface area contributed by atoms with Crippen molar-refractivity contribution in [3.8, 4) is 0 Å². The zero-order valence-corrected chi connectivity index (χ0v) is 12.8. The van der Waals surface area contributed by atoms with Crippen molar-refractivity contribution in [3.05, 3.63) is 47.8 Å². The molecule has 0 aliphatic rings. The number of para-hydroxylation sites is 1. The highest BCUT2D eigenvalue weighted by Gasteiger charge is 2.11. The molecule has 0 saturated carbocycles. The fraction of sp³-hybridized carbons (Fsp3) is 0.375. The second-order valence-electron chi connectivity index (χ2n) is 5.13. The van der Waals surface area contributed by atoms with Gasteiger partial charge in [0, 0.05) is 38.6 Å². The molecule has 21 heavy (non-hydrogen) atoms. The summed E-state index contributed by atoms with van der Waals surface area (Å²) in [6.45, 7) is 3.45. The lowest BCUT2D eigenvalue weighted by atomic mass is 10.2. The topological polar surface area (TPSA) is 50.2 Å². The van der Waals surface area contributed by atoms with Gasteiger partial charge < -0.3 is 10.2 Å². The Hall–Kier alpha value is -2.30. The van der Waals surface area contributed by atoms with Gasteiger partial charge in [0.05, 0.1) is 11.8 Å². The van der Waals surface area contributed by atoms with E-state index in [-0.39, 0.29) is 5.91 Å². The first kappa shape index (κ1) is 15.1. The number of nitrogens with one attached hydrogen (secondary N) is 1. The summed E-state index contributed by atoms with van der Waals surface area (Å²) in [4.78, 5) is 14.2. The summed E-state index contributed by atoms with van der Waals surface area (Å²) in [5.41, 5.74) is 2.72. The quantitative estimate of drug-likeness (QED) is 0.826. The van der Waals surface area contributed by atoms with Gasteiger partial charge in [0.25, 0.3) is 5.91 Å². The van der Waals surface area contributed by atoms with Crippen molar-refractivity contribution >= 4 is 11.6 Å². The number of carbonyl (C=O) groups excluding carboxylic acids is 1. The van der Waals surface area contributed by atoms with Crippen LogP contribution in [0.3, 0.4) is 0 Å². The Kier molecular flexibility index (Phi) is 4.98. The van der Waals surface area contributed by atoms with Crippen LogP contribution in [0.2, 0.25) is 0 Å². The predicted molar refractivity (Wildman–Crippen MR) is 84.6 cm³/mol. The summed E-state index contributed by atoms with van der Waals surface area (Å²) in [5, 5.41) is 7.02. The van der Waals surface area contributed by atoms with Crippen molar-refractivity contribution in [1.82, 2.24) is 15.1 Å². The van der Waals surface area contributed by atoms with Gasteiger partial charge in [-0.25, -0.2) is 0 Å². The van der Waals surface area contributed by atoms with E-state index in [0.717, 1.165) is 18.7 Å². The van der Waals surface area contributed by atoms with E-state index < -0.39 is 0 Å². The first-order chi connectivity index (χ1) is 10.1. The number of hydrogen-bond donors (Lipinski definition) is 1. The minimum Gasteiger partial charge on any atom is -0.375 e. The molecule has 1 aromatic heterocycles. The van der Waals surface area contributed by atoms with E-state index in [4.69, 9.17) is 0 Å². The van der Waals surface area contributed by atoms with Crippen LogP contribution in [0, 0.1) is 6.92 Å². The van der Waals surface area contributed by atoms with Crippen LogP contribution in [-0.4, -0.2) is 35.8 Å². The van der Waals surface area contributed by atoms with Gasteiger partial charge in [0.15, 0.2) is 0 Å². The number of nitrogens with zero attached hydrogens (tertiary/aromatic N) is 3. The largest absolute Gasteiger partial charge is 0.375 e. The lowest BCUT2D eigenvalue weighted by Crippen LogP contribution is -2.28. The molecule has 0 aliphatic heterocycles. The molecule has 112 valence electrons. The van der Waals surface area contributed by atoms with E-state index in [9.17, 15) is 4.79 Å². The lowest BCUT2D eigenvalue weighted by molar-refractivity contribution is 0.0952. The number of aryl methyl sites for hydroxylation is 1. The lowest BCUT2D eigenvalue weighted by Gasteiger charge is -2.19.